The van der Waals surface area contributed by atoms with Crippen molar-refractivity contribution in [3.8, 4) is 0 Å². The highest BCUT2D eigenvalue weighted by Crippen LogP contribution is 2.22. The van der Waals surface area contributed by atoms with E-state index in [1.807, 2.05) is 24.0 Å². The van der Waals surface area contributed by atoms with Crippen LogP contribution in [0, 0.1) is 6.92 Å². The molecule has 1 heterocycles. The van der Waals surface area contributed by atoms with Crippen LogP contribution in [-0.4, -0.2) is 23.4 Å². The average molecular weight is 218 g/mol. The molecule has 1 aromatic rings. The SMILES string of the molecule is Cc1ccc(N)cc1C(=O)N1CCCC1C. The molecule has 1 saturated heterocycles. The summed E-state index contributed by atoms with van der Waals surface area (Å²) >= 11 is 0. The third-order valence-corrected chi connectivity index (χ3v) is 3.31. The molecule has 1 amide bonds. The van der Waals surface area contributed by atoms with Crippen molar-refractivity contribution in [3.05, 3.63) is 29.3 Å². The first-order chi connectivity index (χ1) is 7.59. The average Bonchev–Trinajstić information content (AvgIpc) is 2.67. The van der Waals surface area contributed by atoms with Gasteiger partial charge in [0.2, 0.25) is 0 Å². The molecule has 0 spiro atoms. The van der Waals surface area contributed by atoms with Gasteiger partial charge in [0.05, 0.1) is 0 Å². The maximum atomic E-state index is 12.3. The van der Waals surface area contributed by atoms with Gasteiger partial charge in [0.1, 0.15) is 0 Å². The van der Waals surface area contributed by atoms with E-state index in [4.69, 9.17) is 5.73 Å². The Labute approximate surface area is 96.2 Å². The Morgan fingerprint density at radius 2 is 2.25 bits per heavy atom. The zero-order valence-corrected chi connectivity index (χ0v) is 9.86. The smallest absolute Gasteiger partial charge is 0.254 e. The largest absolute Gasteiger partial charge is 0.399 e. The Morgan fingerprint density at radius 1 is 1.50 bits per heavy atom. The number of hydrogen-bond acceptors (Lipinski definition) is 2. The minimum Gasteiger partial charge on any atom is -0.399 e. The number of carbonyl (C=O) groups excluding carboxylic acids is 1. The van der Waals surface area contributed by atoms with Crippen molar-refractivity contribution in [2.24, 2.45) is 0 Å². The molecule has 86 valence electrons. The molecule has 1 aliphatic rings. The van der Waals surface area contributed by atoms with E-state index in [-0.39, 0.29) is 5.91 Å². The van der Waals surface area contributed by atoms with Gasteiger partial charge in [-0.05, 0) is 44.4 Å². The summed E-state index contributed by atoms with van der Waals surface area (Å²) < 4.78 is 0. The number of nitrogens with zero attached hydrogens (tertiary/aromatic N) is 1. The maximum Gasteiger partial charge on any atom is 0.254 e. The van der Waals surface area contributed by atoms with Crippen LogP contribution in [0.25, 0.3) is 0 Å². The molecule has 16 heavy (non-hydrogen) atoms. The van der Waals surface area contributed by atoms with Crippen LogP contribution in [0.1, 0.15) is 35.7 Å². The first-order valence-electron chi connectivity index (χ1n) is 5.76. The number of anilines is 1. The van der Waals surface area contributed by atoms with Gasteiger partial charge in [0, 0.05) is 23.8 Å². The number of rotatable bonds is 1. The van der Waals surface area contributed by atoms with E-state index < -0.39 is 0 Å². The second-order valence-corrected chi connectivity index (χ2v) is 4.56. The quantitative estimate of drug-likeness (QED) is 0.734. The Hall–Kier alpha value is -1.51. The first-order valence-corrected chi connectivity index (χ1v) is 5.76. The zero-order chi connectivity index (χ0) is 11.7. The Kier molecular flexibility index (Phi) is 2.86. The van der Waals surface area contributed by atoms with Crippen LogP contribution in [0.3, 0.4) is 0 Å². The van der Waals surface area contributed by atoms with E-state index in [9.17, 15) is 4.79 Å². The lowest BCUT2D eigenvalue weighted by Crippen LogP contribution is -2.34. The van der Waals surface area contributed by atoms with Crippen LogP contribution < -0.4 is 5.73 Å². The van der Waals surface area contributed by atoms with Gasteiger partial charge >= 0.3 is 0 Å². The topological polar surface area (TPSA) is 46.3 Å². The van der Waals surface area contributed by atoms with Crippen molar-refractivity contribution in [1.82, 2.24) is 4.90 Å². The van der Waals surface area contributed by atoms with Gasteiger partial charge in [0.15, 0.2) is 0 Å². The molecule has 0 radical (unpaired) electrons. The van der Waals surface area contributed by atoms with Gasteiger partial charge in [-0.3, -0.25) is 4.79 Å². The molecule has 1 unspecified atom stereocenters. The molecule has 1 fully saturated rings. The van der Waals surface area contributed by atoms with Gasteiger partial charge in [-0.1, -0.05) is 6.07 Å². The van der Waals surface area contributed by atoms with E-state index in [1.54, 1.807) is 6.07 Å². The molecule has 0 aliphatic carbocycles. The van der Waals surface area contributed by atoms with E-state index >= 15 is 0 Å². The van der Waals surface area contributed by atoms with Gasteiger partial charge in [-0.25, -0.2) is 0 Å². The molecule has 1 atom stereocenters. The van der Waals surface area contributed by atoms with Crippen LogP contribution in [0.4, 0.5) is 5.69 Å². The second kappa shape index (κ2) is 4.16. The van der Waals surface area contributed by atoms with Crippen LogP contribution in [0.15, 0.2) is 18.2 Å². The van der Waals surface area contributed by atoms with Gasteiger partial charge in [0.25, 0.3) is 5.91 Å². The van der Waals surface area contributed by atoms with E-state index in [1.165, 1.54) is 0 Å². The van der Waals surface area contributed by atoms with E-state index in [0.717, 1.165) is 30.5 Å². The number of nitrogens with two attached hydrogens (primary N) is 1. The summed E-state index contributed by atoms with van der Waals surface area (Å²) in [5.41, 5.74) is 8.12. The number of hydrogen-bond donors (Lipinski definition) is 1. The minimum atomic E-state index is 0.120. The molecule has 1 aromatic carbocycles. The summed E-state index contributed by atoms with van der Waals surface area (Å²) in [5, 5.41) is 0. The normalized spacial score (nSPS) is 20.1. The lowest BCUT2D eigenvalue weighted by Gasteiger charge is -2.22. The lowest BCUT2D eigenvalue weighted by molar-refractivity contribution is 0.0747. The van der Waals surface area contributed by atoms with Crippen molar-refractivity contribution in [2.75, 3.05) is 12.3 Å². The lowest BCUT2D eigenvalue weighted by atomic mass is 10.1. The Balaban J connectivity index is 2.29. The van der Waals surface area contributed by atoms with Crippen molar-refractivity contribution >= 4 is 11.6 Å². The molecule has 0 aromatic heterocycles. The fourth-order valence-corrected chi connectivity index (χ4v) is 2.26. The van der Waals surface area contributed by atoms with Crippen molar-refractivity contribution in [2.45, 2.75) is 32.7 Å². The summed E-state index contributed by atoms with van der Waals surface area (Å²) in [5.74, 6) is 0.120. The van der Waals surface area contributed by atoms with E-state index in [2.05, 4.69) is 6.92 Å². The third-order valence-electron chi connectivity index (χ3n) is 3.31. The predicted molar refractivity (Wildman–Crippen MR) is 65.3 cm³/mol. The van der Waals surface area contributed by atoms with Gasteiger partial charge in [-0.15, -0.1) is 0 Å². The number of amides is 1. The fraction of sp³-hybridized carbons (Fsp3) is 0.462. The number of nitrogen functional groups attached to an aromatic ring is 1. The third kappa shape index (κ3) is 1.90. The van der Waals surface area contributed by atoms with Crippen LogP contribution in [0.2, 0.25) is 0 Å². The molecule has 2 N–H and O–H groups in total. The number of likely N-dealkylation sites (tertiary alicyclic amines) is 1. The fourth-order valence-electron chi connectivity index (χ4n) is 2.26. The highest BCUT2D eigenvalue weighted by molar-refractivity contribution is 5.96. The summed E-state index contributed by atoms with van der Waals surface area (Å²) in [6, 6.07) is 5.87. The highest BCUT2D eigenvalue weighted by Gasteiger charge is 2.26. The number of aryl methyl sites for hydroxylation is 1. The minimum absolute atomic E-state index is 0.120. The predicted octanol–water partition coefficient (Wildman–Crippen LogP) is 2.20. The molecule has 3 heteroatoms. The van der Waals surface area contributed by atoms with Crippen molar-refractivity contribution in [3.63, 3.8) is 0 Å². The number of benzene rings is 1. The maximum absolute atomic E-state index is 12.3. The second-order valence-electron chi connectivity index (χ2n) is 4.56. The Morgan fingerprint density at radius 3 is 2.88 bits per heavy atom. The van der Waals surface area contributed by atoms with Gasteiger partial charge < -0.3 is 10.6 Å². The van der Waals surface area contributed by atoms with Crippen molar-refractivity contribution < 1.29 is 4.79 Å². The summed E-state index contributed by atoms with van der Waals surface area (Å²) in [4.78, 5) is 14.2. The van der Waals surface area contributed by atoms with Crippen molar-refractivity contribution in [1.29, 1.82) is 0 Å². The highest BCUT2D eigenvalue weighted by atomic mass is 16.2. The van der Waals surface area contributed by atoms with Crippen LogP contribution in [0.5, 0.6) is 0 Å². The van der Waals surface area contributed by atoms with Crippen LogP contribution in [-0.2, 0) is 0 Å². The molecular weight excluding hydrogens is 200 g/mol. The molecule has 2 rings (SSSR count). The standard InChI is InChI=1S/C13H18N2O/c1-9-5-6-11(14)8-12(9)13(16)15-7-3-4-10(15)2/h5-6,8,10H,3-4,7,14H2,1-2H3. The summed E-state index contributed by atoms with van der Waals surface area (Å²) in [6.07, 6.45) is 2.21. The molecule has 0 saturated carbocycles. The number of carbonyl (C=O) groups is 1. The molecule has 0 bridgehead atoms. The zero-order valence-electron chi connectivity index (χ0n) is 9.86. The molecule has 3 nitrogen and oxygen atoms in total. The Bertz CT molecular complexity index is 414. The molecular formula is C13H18N2O. The first kappa shape index (κ1) is 11.0. The summed E-state index contributed by atoms with van der Waals surface area (Å²) in [7, 11) is 0. The van der Waals surface area contributed by atoms with E-state index in [0.29, 0.717) is 11.7 Å². The van der Waals surface area contributed by atoms with Crippen LogP contribution >= 0.6 is 0 Å². The van der Waals surface area contributed by atoms with Gasteiger partial charge in [-0.2, -0.15) is 0 Å². The summed E-state index contributed by atoms with van der Waals surface area (Å²) in [6.45, 7) is 4.92. The monoisotopic (exact) mass is 218 g/mol. The molecule has 1 aliphatic heterocycles.